The standard InChI is InChI=1S/C25H14ClFN4O/c26-18-4-1-5-19(27)21(18)24-30-22-15-7-6-13(14-3-2-9-28-12-14)11-17(15)20-16(23(22)31-24)8-10-29-25(20)32/h1-12H,(H,29,32)(H,30,31). The van der Waals surface area contributed by atoms with E-state index in [1.807, 2.05) is 36.4 Å². The zero-order valence-corrected chi connectivity index (χ0v) is 17.2. The van der Waals surface area contributed by atoms with E-state index >= 15 is 0 Å². The maximum atomic E-state index is 14.6. The predicted octanol–water partition coefficient (Wildman–Crippen LogP) is 6.08. The number of hydrogen-bond donors (Lipinski definition) is 2. The minimum Gasteiger partial charge on any atom is -0.337 e. The maximum Gasteiger partial charge on any atom is 0.256 e. The van der Waals surface area contributed by atoms with Crippen LogP contribution >= 0.6 is 11.6 Å². The molecular weight excluding hydrogens is 427 g/mol. The summed E-state index contributed by atoms with van der Waals surface area (Å²) in [6, 6.07) is 16.0. The number of aromatic nitrogens is 4. The van der Waals surface area contributed by atoms with Crippen molar-refractivity contribution in [1.29, 1.82) is 0 Å². The first-order valence-electron chi connectivity index (χ1n) is 9.93. The lowest BCUT2D eigenvalue weighted by atomic mass is 9.97. The summed E-state index contributed by atoms with van der Waals surface area (Å²) in [7, 11) is 0. The normalized spacial score (nSPS) is 11.6. The Morgan fingerprint density at radius 3 is 2.66 bits per heavy atom. The number of imidazole rings is 1. The number of hydrogen-bond acceptors (Lipinski definition) is 3. The van der Waals surface area contributed by atoms with Gasteiger partial charge in [0.15, 0.2) is 0 Å². The van der Waals surface area contributed by atoms with Crippen molar-refractivity contribution in [2.75, 3.05) is 0 Å². The highest BCUT2D eigenvalue weighted by molar-refractivity contribution is 6.33. The van der Waals surface area contributed by atoms with Gasteiger partial charge in [-0.15, -0.1) is 0 Å². The van der Waals surface area contributed by atoms with Crippen molar-refractivity contribution in [2.24, 2.45) is 0 Å². The Morgan fingerprint density at radius 1 is 0.938 bits per heavy atom. The summed E-state index contributed by atoms with van der Waals surface area (Å²) in [5, 5.41) is 3.04. The lowest BCUT2D eigenvalue weighted by Gasteiger charge is -2.08. The van der Waals surface area contributed by atoms with Crippen LogP contribution in [0, 0.1) is 5.82 Å². The van der Waals surface area contributed by atoms with Gasteiger partial charge in [0, 0.05) is 34.9 Å². The molecule has 0 aliphatic carbocycles. The van der Waals surface area contributed by atoms with Crippen LogP contribution in [0.3, 0.4) is 0 Å². The molecule has 0 aliphatic heterocycles. The van der Waals surface area contributed by atoms with Crippen LogP contribution in [0.5, 0.6) is 0 Å². The van der Waals surface area contributed by atoms with E-state index in [9.17, 15) is 9.18 Å². The first-order valence-corrected chi connectivity index (χ1v) is 10.3. The van der Waals surface area contributed by atoms with Crippen molar-refractivity contribution in [2.45, 2.75) is 0 Å². The second kappa shape index (κ2) is 7.00. The average molecular weight is 441 g/mol. The second-order valence-electron chi connectivity index (χ2n) is 7.50. The zero-order chi connectivity index (χ0) is 21.8. The molecule has 6 aromatic rings. The first kappa shape index (κ1) is 18.7. The summed E-state index contributed by atoms with van der Waals surface area (Å²) < 4.78 is 14.6. The number of fused-ring (bicyclic) bond motifs is 6. The number of benzene rings is 3. The number of H-pyrrole nitrogens is 2. The van der Waals surface area contributed by atoms with E-state index in [1.54, 1.807) is 30.7 Å². The van der Waals surface area contributed by atoms with Crippen molar-refractivity contribution in [1.82, 2.24) is 19.9 Å². The van der Waals surface area contributed by atoms with E-state index < -0.39 is 5.82 Å². The van der Waals surface area contributed by atoms with Gasteiger partial charge in [-0.25, -0.2) is 9.37 Å². The van der Waals surface area contributed by atoms with Crippen LogP contribution in [0.1, 0.15) is 0 Å². The highest BCUT2D eigenvalue weighted by atomic mass is 35.5. The Kier molecular flexibility index (Phi) is 4.10. The zero-order valence-electron chi connectivity index (χ0n) is 16.5. The fraction of sp³-hybridized carbons (Fsp3) is 0. The minimum atomic E-state index is -0.470. The molecule has 3 aromatic heterocycles. The van der Waals surface area contributed by atoms with E-state index in [1.165, 1.54) is 6.07 Å². The minimum absolute atomic E-state index is 0.198. The molecule has 7 heteroatoms. The van der Waals surface area contributed by atoms with Gasteiger partial charge in [0.05, 0.1) is 27.0 Å². The summed E-state index contributed by atoms with van der Waals surface area (Å²) >= 11 is 6.28. The molecule has 0 amide bonds. The van der Waals surface area contributed by atoms with Gasteiger partial charge >= 0.3 is 0 Å². The number of pyridine rings is 2. The van der Waals surface area contributed by atoms with Gasteiger partial charge in [0.2, 0.25) is 0 Å². The molecule has 154 valence electrons. The third-order valence-electron chi connectivity index (χ3n) is 5.67. The number of halogens is 2. The number of nitrogens with zero attached hydrogens (tertiary/aromatic N) is 2. The molecule has 0 saturated carbocycles. The van der Waals surface area contributed by atoms with E-state index in [2.05, 4.69) is 19.9 Å². The van der Waals surface area contributed by atoms with Gasteiger partial charge in [-0.3, -0.25) is 9.78 Å². The van der Waals surface area contributed by atoms with Crippen molar-refractivity contribution in [3.8, 4) is 22.5 Å². The Hall–Kier alpha value is -4.03. The summed E-state index contributed by atoms with van der Waals surface area (Å²) in [5.74, 6) is -0.157. The van der Waals surface area contributed by atoms with Crippen molar-refractivity contribution >= 4 is 44.2 Å². The Morgan fingerprint density at radius 2 is 1.84 bits per heavy atom. The third-order valence-corrected chi connectivity index (χ3v) is 5.99. The molecule has 0 saturated heterocycles. The van der Waals surface area contributed by atoms with Crippen LogP contribution in [0.4, 0.5) is 4.39 Å². The molecule has 32 heavy (non-hydrogen) atoms. The highest BCUT2D eigenvalue weighted by Gasteiger charge is 2.19. The van der Waals surface area contributed by atoms with Gasteiger partial charge in [-0.1, -0.05) is 35.9 Å². The fourth-order valence-corrected chi connectivity index (χ4v) is 4.48. The lowest BCUT2D eigenvalue weighted by molar-refractivity contribution is 0.630. The molecule has 0 radical (unpaired) electrons. The van der Waals surface area contributed by atoms with Gasteiger partial charge < -0.3 is 9.97 Å². The summed E-state index contributed by atoms with van der Waals surface area (Å²) in [6.07, 6.45) is 5.08. The van der Waals surface area contributed by atoms with Crippen molar-refractivity contribution in [3.63, 3.8) is 0 Å². The molecular formula is C25H14ClFN4O. The third kappa shape index (κ3) is 2.73. The predicted molar refractivity (Wildman–Crippen MR) is 125 cm³/mol. The molecule has 5 nitrogen and oxygen atoms in total. The van der Waals surface area contributed by atoms with E-state index in [0.29, 0.717) is 27.6 Å². The monoisotopic (exact) mass is 440 g/mol. The summed E-state index contributed by atoms with van der Waals surface area (Å²) in [5.41, 5.74) is 3.16. The molecule has 0 atom stereocenters. The highest BCUT2D eigenvalue weighted by Crippen LogP contribution is 2.37. The topological polar surface area (TPSA) is 74.4 Å². The quantitative estimate of drug-likeness (QED) is 0.320. The number of rotatable bonds is 2. The van der Waals surface area contributed by atoms with Crippen LogP contribution < -0.4 is 5.56 Å². The van der Waals surface area contributed by atoms with Crippen molar-refractivity contribution < 1.29 is 4.39 Å². The molecule has 3 heterocycles. The first-order chi connectivity index (χ1) is 15.6. The van der Waals surface area contributed by atoms with Gasteiger partial charge in [-0.2, -0.15) is 0 Å². The van der Waals surface area contributed by atoms with Gasteiger partial charge in [0.1, 0.15) is 11.6 Å². The molecule has 6 rings (SSSR count). The molecule has 0 aliphatic rings. The molecule has 0 unspecified atom stereocenters. The van der Waals surface area contributed by atoms with Gasteiger partial charge in [0.25, 0.3) is 5.56 Å². The SMILES string of the molecule is O=c1[nH]ccc2c3nc(-c4c(F)cccc4Cl)[nH]c3c3ccc(-c4cccnc4)cc3c12. The van der Waals surface area contributed by atoms with Crippen LogP contribution in [-0.2, 0) is 0 Å². The Labute approximate surface area is 185 Å². The molecule has 0 fully saturated rings. The largest absolute Gasteiger partial charge is 0.337 e. The molecule has 0 spiro atoms. The van der Waals surface area contributed by atoms with Crippen LogP contribution in [0.25, 0.3) is 55.1 Å². The second-order valence-corrected chi connectivity index (χ2v) is 7.91. The summed E-state index contributed by atoms with van der Waals surface area (Å²) in [4.78, 5) is 27.7. The van der Waals surface area contributed by atoms with E-state index in [0.717, 1.165) is 21.9 Å². The van der Waals surface area contributed by atoms with E-state index in [4.69, 9.17) is 11.6 Å². The van der Waals surface area contributed by atoms with Crippen LogP contribution in [0.2, 0.25) is 5.02 Å². The Bertz CT molecular complexity index is 1700. The molecule has 2 N–H and O–H groups in total. The molecule has 3 aromatic carbocycles. The number of nitrogens with one attached hydrogen (secondary N) is 2. The van der Waals surface area contributed by atoms with Crippen LogP contribution in [0.15, 0.2) is 78.0 Å². The molecule has 0 bridgehead atoms. The van der Waals surface area contributed by atoms with Crippen LogP contribution in [-0.4, -0.2) is 19.9 Å². The Balaban J connectivity index is 1.75. The number of aromatic amines is 2. The smallest absolute Gasteiger partial charge is 0.256 e. The fourth-order valence-electron chi connectivity index (χ4n) is 4.23. The summed E-state index contributed by atoms with van der Waals surface area (Å²) in [6.45, 7) is 0. The lowest BCUT2D eigenvalue weighted by Crippen LogP contribution is -2.05. The maximum absolute atomic E-state index is 14.6. The van der Waals surface area contributed by atoms with Gasteiger partial charge in [-0.05, 0) is 41.3 Å². The van der Waals surface area contributed by atoms with Crippen molar-refractivity contribution in [3.05, 3.63) is 94.4 Å². The average Bonchev–Trinajstić information content (AvgIpc) is 3.24. The van der Waals surface area contributed by atoms with E-state index in [-0.39, 0.29) is 16.1 Å².